The van der Waals surface area contributed by atoms with Gasteiger partial charge in [0.25, 0.3) is 0 Å². The fourth-order valence-electron chi connectivity index (χ4n) is 2.46. The molecule has 0 fully saturated rings. The first-order valence-electron chi connectivity index (χ1n) is 8.41. The quantitative estimate of drug-likeness (QED) is 0.629. The number of carbonyl (C=O) groups is 1. The van der Waals surface area contributed by atoms with Crippen molar-refractivity contribution in [3.63, 3.8) is 0 Å². The summed E-state index contributed by atoms with van der Waals surface area (Å²) in [6, 6.07) is 15.5. The normalized spacial score (nSPS) is 10.8. The zero-order valence-corrected chi connectivity index (χ0v) is 15.5. The molecule has 6 nitrogen and oxygen atoms in total. The molecule has 1 amide bonds. The van der Waals surface area contributed by atoms with Crippen LogP contribution in [0.1, 0.15) is 4.88 Å². The van der Waals surface area contributed by atoms with Crippen molar-refractivity contribution in [1.29, 1.82) is 0 Å². The Bertz CT molecular complexity index is 802. The van der Waals surface area contributed by atoms with Crippen LogP contribution >= 0.6 is 11.3 Å². The van der Waals surface area contributed by atoms with Crippen molar-refractivity contribution in [1.82, 2.24) is 14.7 Å². The SMILES string of the molecule is CN(CCOc1ccccc1)CC(=O)Nc1ccnn1Cc1cccs1. The van der Waals surface area contributed by atoms with Crippen LogP contribution in [-0.2, 0) is 11.3 Å². The molecule has 0 aliphatic heterocycles. The number of ether oxygens (including phenoxy) is 1. The Morgan fingerprint density at radius 3 is 2.85 bits per heavy atom. The maximum Gasteiger partial charge on any atom is 0.239 e. The van der Waals surface area contributed by atoms with Gasteiger partial charge in [-0.2, -0.15) is 5.10 Å². The second-order valence-corrected chi connectivity index (χ2v) is 6.93. The van der Waals surface area contributed by atoms with Gasteiger partial charge >= 0.3 is 0 Å². The second-order valence-electron chi connectivity index (χ2n) is 5.90. The monoisotopic (exact) mass is 370 g/mol. The van der Waals surface area contributed by atoms with Crippen molar-refractivity contribution in [3.05, 3.63) is 65.0 Å². The lowest BCUT2D eigenvalue weighted by atomic mass is 10.3. The summed E-state index contributed by atoms with van der Waals surface area (Å²) in [5, 5.41) is 9.24. The van der Waals surface area contributed by atoms with Gasteiger partial charge in [-0.05, 0) is 30.6 Å². The fourth-order valence-corrected chi connectivity index (χ4v) is 3.14. The minimum Gasteiger partial charge on any atom is -0.492 e. The van der Waals surface area contributed by atoms with Crippen LogP contribution in [0.15, 0.2) is 60.1 Å². The number of anilines is 1. The average Bonchev–Trinajstić information content (AvgIpc) is 3.29. The van der Waals surface area contributed by atoms with Crippen LogP contribution < -0.4 is 10.1 Å². The number of nitrogens with zero attached hydrogens (tertiary/aromatic N) is 3. The summed E-state index contributed by atoms with van der Waals surface area (Å²) in [5.41, 5.74) is 0. The smallest absolute Gasteiger partial charge is 0.239 e. The van der Waals surface area contributed by atoms with Crippen LogP contribution in [0.3, 0.4) is 0 Å². The van der Waals surface area contributed by atoms with Gasteiger partial charge in [-0.3, -0.25) is 9.69 Å². The molecule has 0 aliphatic carbocycles. The van der Waals surface area contributed by atoms with Gasteiger partial charge in [0.15, 0.2) is 0 Å². The summed E-state index contributed by atoms with van der Waals surface area (Å²) in [7, 11) is 1.90. The molecule has 0 unspecified atom stereocenters. The van der Waals surface area contributed by atoms with Gasteiger partial charge in [-0.25, -0.2) is 4.68 Å². The van der Waals surface area contributed by atoms with E-state index in [0.717, 1.165) is 5.75 Å². The van der Waals surface area contributed by atoms with E-state index in [0.29, 0.717) is 32.1 Å². The summed E-state index contributed by atoms with van der Waals surface area (Å²) in [4.78, 5) is 15.4. The number of rotatable bonds is 9. The number of aromatic nitrogens is 2. The van der Waals surface area contributed by atoms with Gasteiger partial charge in [-0.15, -0.1) is 11.3 Å². The van der Waals surface area contributed by atoms with Gasteiger partial charge in [0, 0.05) is 17.5 Å². The predicted octanol–water partition coefficient (Wildman–Crippen LogP) is 2.94. The maximum atomic E-state index is 12.3. The minimum atomic E-state index is -0.0693. The van der Waals surface area contributed by atoms with E-state index in [4.69, 9.17) is 4.74 Å². The van der Waals surface area contributed by atoms with Gasteiger partial charge < -0.3 is 10.1 Å². The van der Waals surface area contributed by atoms with Crippen molar-refractivity contribution < 1.29 is 9.53 Å². The molecule has 1 aromatic carbocycles. The number of hydrogen-bond acceptors (Lipinski definition) is 5. The van der Waals surface area contributed by atoms with Gasteiger partial charge in [-0.1, -0.05) is 24.3 Å². The van der Waals surface area contributed by atoms with Crippen molar-refractivity contribution in [3.8, 4) is 5.75 Å². The molecule has 3 aromatic rings. The molecule has 0 spiro atoms. The third kappa shape index (κ3) is 5.44. The Morgan fingerprint density at radius 2 is 2.08 bits per heavy atom. The molecule has 0 saturated heterocycles. The van der Waals surface area contributed by atoms with Crippen LogP contribution in [0, 0.1) is 0 Å². The number of para-hydroxylation sites is 1. The average molecular weight is 370 g/mol. The molecule has 0 aliphatic rings. The number of nitrogens with one attached hydrogen (secondary N) is 1. The lowest BCUT2D eigenvalue weighted by Gasteiger charge is -2.17. The Hall–Kier alpha value is -2.64. The van der Waals surface area contributed by atoms with E-state index in [1.54, 1.807) is 22.2 Å². The van der Waals surface area contributed by atoms with Crippen LogP contribution in [-0.4, -0.2) is 47.3 Å². The van der Waals surface area contributed by atoms with Crippen molar-refractivity contribution in [2.24, 2.45) is 0 Å². The summed E-state index contributed by atoms with van der Waals surface area (Å²) in [5.74, 6) is 1.47. The molecule has 3 rings (SSSR count). The van der Waals surface area contributed by atoms with Gasteiger partial charge in [0.05, 0.1) is 19.3 Å². The van der Waals surface area contributed by atoms with E-state index < -0.39 is 0 Å². The van der Waals surface area contributed by atoms with Crippen LogP contribution in [0.4, 0.5) is 5.82 Å². The zero-order valence-electron chi connectivity index (χ0n) is 14.7. The summed E-state index contributed by atoms with van der Waals surface area (Å²) in [6.45, 7) is 2.14. The highest BCUT2D eigenvalue weighted by molar-refractivity contribution is 7.09. The Kier molecular flexibility index (Phi) is 6.40. The van der Waals surface area contributed by atoms with Gasteiger partial charge in [0.1, 0.15) is 18.2 Å². The van der Waals surface area contributed by atoms with Crippen molar-refractivity contribution in [2.75, 3.05) is 32.1 Å². The van der Waals surface area contributed by atoms with E-state index >= 15 is 0 Å². The maximum absolute atomic E-state index is 12.3. The number of thiophene rings is 1. The van der Waals surface area contributed by atoms with Crippen LogP contribution in [0.5, 0.6) is 5.75 Å². The number of hydrogen-bond donors (Lipinski definition) is 1. The molecular formula is C19H22N4O2S. The lowest BCUT2D eigenvalue weighted by molar-refractivity contribution is -0.117. The largest absolute Gasteiger partial charge is 0.492 e. The Balaban J connectivity index is 1.43. The fraction of sp³-hybridized carbons (Fsp3) is 0.263. The Labute approximate surface area is 157 Å². The van der Waals surface area contributed by atoms with Crippen LogP contribution in [0.25, 0.3) is 0 Å². The van der Waals surface area contributed by atoms with E-state index in [-0.39, 0.29) is 5.91 Å². The van der Waals surface area contributed by atoms with E-state index in [1.807, 2.05) is 59.8 Å². The molecule has 7 heteroatoms. The van der Waals surface area contributed by atoms with Crippen molar-refractivity contribution >= 4 is 23.1 Å². The molecule has 0 radical (unpaired) electrons. The molecule has 0 atom stereocenters. The van der Waals surface area contributed by atoms with Gasteiger partial charge in [0.2, 0.25) is 5.91 Å². The molecule has 1 N–H and O–H groups in total. The highest BCUT2D eigenvalue weighted by Gasteiger charge is 2.10. The van der Waals surface area contributed by atoms with Crippen LogP contribution in [0.2, 0.25) is 0 Å². The molecule has 2 heterocycles. The van der Waals surface area contributed by atoms with E-state index in [9.17, 15) is 4.79 Å². The molecule has 2 aromatic heterocycles. The molecule has 136 valence electrons. The highest BCUT2D eigenvalue weighted by Crippen LogP contribution is 2.14. The lowest BCUT2D eigenvalue weighted by Crippen LogP contribution is -2.33. The topological polar surface area (TPSA) is 59.4 Å². The summed E-state index contributed by atoms with van der Waals surface area (Å²) >= 11 is 1.67. The number of amides is 1. The predicted molar refractivity (Wildman–Crippen MR) is 104 cm³/mol. The molecular weight excluding hydrogens is 348 g/mol. The van der Waals surface area contributed by atoms with Crippen molar-refractivity contribution in [2.45, 2.75) is 6.54 Å². The summed E-state index contributed by atoms with van der Waals surface area (Å²) in [6.07, 6.45) is 1.70. The third-order valence-electron chi connectivity index (χ3n) is 3.77. The van der Waals surface area contributed by atoms with E-state index in [2.05, 4.69) is 16.5 Å². The molecule has 0 bridgehead atoms. The Morgan fingerprint density at radius 1 is 1.23 bits per heavy atom. The first kappa shape index (κ1) is 18.2. The number of benzene rings is 1. The molecule has 26 heavy (non-hydrogen) atoms. The highest BCUT2D eigenvalue weighted by atomic mass is 32.1. The first-order valence-corrected chi connectivity index (χ1v) is 9.29. The molecule has 0 saturated carbocycles. The third-order valence-corrected chi connectivity index (χ3v) is 4.63. The number of likely N-dealkylation sites (N-methyl/N-ethyl adjacent to an activating group) is 1. The standard InChI is InChI=1S/C19H22N4O2S/c1-22(11-12-25-16-6-3-2-4-7-16)15-19(24)21-18-9-10-20-23(18)14-17-8-5-13-26-17/h2-10,13H,11-12,14-15H2,1H3,(H,21,24). The van der Waals surface area contributed by atoms with E-state index in [1.165, 1.54) is 4.88 Å². The zero-order chi connectivity index (χ0) is 18.2. The number of carbonyl (C=O) groups excluding carboxylic acids is 1. The minimum absolute atomic E-state index is 0.0693. The second kappa shape index (κ2) is 9.17. The summed E-state index contributed by atoms with van der Waals surface area (Å²) < 4.78 is 7.45. The first-order chi connectivity index (χ1) is 12.7.